The zero-order valence-corrected chi connectivity index (χ0v) is 18.2. The molecular weight excluding hydrogens is 425 g/mol. The van der Waals surface area contributed by atoms with E-state index in [-0.39, 0.29) is 5.82 Å². The summed E-state index contributed by atoms with van der Waals surface area (Å²) in [7, 11) is 0.463. The second-order valence-electron chi connectivity index (χ2n) is 7.45. The van der Waals surface area contributed by atoms with E-state index in [2.05, 4.69) is 21.2 Å². The monoisotopic (exact) mass is 445 g/mol. The molecule has 160 valence electrons. The SMILES string of the molecule is CO/N=C1\CCS(=O)c2ccc(-c3cc(-c4ccncc4)c(-c4ccc(F)cc4)[nH]3)cc21. The number of nitrogens with zero attached hydrogens (tertiary/aromatic N) is 2. The van der Waals surface area contributed by atoms with Gasteiger partial charge in [0, 0.05) is 46.3 Å². The molecule has 0 saturated carbocycles. The Morgan fingerprint density at radius 3 is 2.47 bits per heavy atom. The predicted molar refractivity (Wildman–Crippen MR) is 124 cm³/mol. The first-order valence-electron chi connectivity index (χ1n) is 10.2. The molecule has 2 aromatic heterocycles. The number of pyridine rings is 1. The summed E-state index contributed by atoms with van der Waals surface area (Å²) in [5.41, 5.74) is 7.23. The van der Waals surface area contributed by atoms with Crippen molar-refractivity contribution < 1.29 is 13.4 Å². The molecule has 0 radical (unpaired) electrons. The highest BCUT2D eigenvalue weighted by Gasteiger charge is 2.23. The van der Waals surface area contributed by atoms with Crippen molar-refractivity contribution in [1.29, 1.82) is 0 Å². The second-order valence-corrected chi connectivity index (χ2v) is 8.98. The van der Waals surface area contributed by atoms with Crippen molar-refractivity contribution in [3.05, 3.63) is 84.4 Å². The Morgan fingerprint density at radius 1 is 0.969 bits per heavy atom. The zero-order chi connectivity index (χ0) is 22.1. The van der Waals surface area contributed by atoms with E-state index in [4.69, 9.17) is 4.84 Å². The topological polar surface area (TPSA) is 67.3 Å². The number of H-pyrrole nitrogens is 1. The van der Waals surface area contributed by atoms with Crippen LogP contribution in [0.15, 0.2) is 83.1 Å². The van der Waals surface area contributed by atoms with E-state index in [9.17, 15) is 8.60 Å². The van der Waals surface area contributed by atoms with E-state index >= 15 is 0 Å². The molecule has 7 heteroatoms. The number of oxime groups is 1. The lowest BCUT2D eigenvalue weighted by molar-refractivity contribution is 0.213. The van der Waals surface area contributed by atoms with E-state index in [1.54, 1.807) is 24.5 Å². The van der Waals surface area contributed by atoms with Gasteiger partial charge in [-0.05, 0) is 71.3 Å². The molecule has 0 spiro atoms. The molecule has 5 nitrogen and oxygen atoms in total. The van der Waals surface area contributed by atoms with Gasteiger partial charge >= 0.3 is 0 Å². The van der Waals surface area contributed by atoms with Gasteiger partial charge in [0.25, 0.3) is 0 Å². The molecule has 4 aromatic rings. The minimum atomic E-state index is -1.05. The Kier molecular flexibility index (Phi) is 5.41. The molecule has 3 heterocycles. The summed E-state index contributed by atoms with van der Waals surface area (Å²) in [5.74, 6) is 0.261. The molecule has 0 amide bonds. The molecule has 1 unspecified atom stereocenters. The molecule has 1 aliphatic heterocycles. The van der Waals surface area contributed by atoms with Gasteiger partial charge in [-0.3, -0.25) is 9.19 Å². The Labute approximate surface area is 187 Å². The Balaban J connectivity index is 1.66. The minimum Gasteiger partial charge on any atom is -0.399 e. The van der Waals surface area contributed by atoms with Gasteiger partial charge in [0.05, 0.1) is 22.2 Å². The fraction of sp³-hybridized carbons (Fsp3) is 0.120. The number of aromatic nitrogens is 2. The standard InChI is InChI=1S/C25H20FN3O2S/c1-31-29-22-10-13-32(30)24-7-4-18(14-21(22)24)23-15-20(16-8-11-27-12-9-16)25(28-23)17-2-5-19(26)6-3-17/h2-9,11-12,14-15,28H,10,13H2,1H3/b29-22+. The molecular formula is C25H20FN3O2S. The van der Waals surface area contributed by atoms with Gasteiger partial charge < -0.3 is 9.82 Å². The van der Waals surface area contributed by atoms with E-state index < -0.39 is 10.8 Å². The molecule has 1 atom stereocenters. The van der Waals surface area contributed by atoms with Gasteiger partial charge in [-0.25, -0.2) is 4.39 Å². The third-order valence-electron chi connectivity index (χ3n) is 5.51. The average molecular weight is 446 g/mol. The third kappa shape index (κ3) is 3.76. The van der Waals surface area contributed by atoms with Crippen LogP contribution in [-0.4, -0.2) is 32.8 Å². The lowest BCUT2D eigenvalue weighted by Crippen LogP contribution is -2.18. The van der Waals surface area contributed by atoms with Crippen molar-refractivity contribution in [3.8, 4) is 33.6 Å². The van der Waals surface area contributed by atoms with Crippen LogP contribution in [0.3, 0.4) is 0 Å². The van der Waals surface area contributed by atoms with Crippen molar-refractivity contribution >= 4 is 16.5 Å². The van der Waals surface area contributed by atoms with Gasteiger partial charge in [-0.15, -0.1) is 0 Å². The first kappa shape index (κ1) is 20.3. The quantitative estimate of drug-likeness (QED) is 0.427. The average Bonchev–Trinajstić information content (AvgIpc) is 3.27. The minimum absolute atomic E-state index is 0.279. The van der Waals surface area contributed by atoms with Crippen LogP contribution in [-0.2, 0) is 15.6 Å². The fourth-order valence-electron chi connectivity index (χ4n) is 3.97. The molecule has 0 saturated heterocycles. The van der Waals surface area contributed by atoms with Gasteiger partial charge in [0.2, 0.25) is 0 Å². The van der Waals surface area contributed by atoms with Gasteiger partial charge in [0.15, 0.2) is 0 Å². The van der Waals surface area contributed by atoms with Crippen molar-refractivity contribution in [2.24, 2.45) is 5.16 Å². The molecule has 32 heavy (non-hydrogen) atoms. The number of rotatable bonds is 4. The van der Waals surface area contributed by atoms with Crippen molar-refractivity contribution in [2.45, 2.75) is 11.3 Å². The number of fused-ring (bicyclic) bond motifs is 1. The third-order valence-corrected chi connectivity index (χ3v) is 6.94. The van der Waals surface area contributed by atoms with Crippen molar-refractivity contribution in [2.75, 3.05) is 12.9 Å². The van der Waals surface area contributed by atoms with E-state index in [1.165, 1.54) is 19.2 Å². The maximum absolute atomic E-state index is 13.5. The highest BCUT2D eigenvalue weighted by molar-refractivity contribution is 7.85. The summed E-state index contributed by atoms with van der Waals surface area (Å²) in [6, 6.07) is 18.2. The lowest BCUT2D eigenvalue weighted by Gasteiger charge is -2.17. The predicted octanol–water partition coefficient (Wildman–Crippen LogP) is 5.41. The van der Waals surface area contributed by atoms with Crippen LogP contribution in [0.2, 0.25) is 0 Å². The normalized spacial score (nSPS) is 16.7. The first-order chi connectivity index (χ1) is 15.6. The Bertz CT molecular complexity index is 1330. The summed E-state index contributed by atoms with van der Waals surface area (Å²) < 4.78 is 26.0. The van der Waals surface area contributed by atoms with Crippen molar-refractivity contribution in [3.63, 3.8) is 0 Å². The molecule has 0 bridgehead atoms. The summed E-state index contributed by atoms with van der Waals surface area (Å²) in [5, 5.41) is 4.15. The molecule has 1 N–H and O–H groups in total. The molecule has 5 rings (SSSR count). The maximum atomic E-state index is 13.5. The van der Waals surface area contributed by atoms with Crippen LogP contribution in [0.1, 0.15) is 12.0 Å². The van der Waals surface area contributed by atoms with Crippen molar-refractivity contribution in [1.82, 2.24) is 9.97 Å². The van der Waals surface area contributed by atoms with Gasteiger partial charge in [-0.1, -0.05) is 11.2 Å². The maximum Gasteiger partial charge on any atom is 0.123 e. The number of halogens is 1. The summed E-state index contributed by atoms with van der Waals surface area (Å²) in [4.78, 5) is 13.4. The second kappa shape index (κ2) is 8.51. The molecule has 0 aliphatic carbocycles. The van der Waals surface area contributed by atoms with Crippen LogP contribution in [0.25, 0.3) is 33.6 Å². The summed E-state index contributed by atoms with van der Waals surface area (Å²) in [6.45, 7) is 0. The fourth-order valence-corrected chi connectivity index (χ4v) is 5.21. The largest absolute Gasteiger partial charge is 0.399 e. The van der Waals surface area contributed by atoms with Crippen LogP contribution >= 0.6 is 0 Å². The summed E-state index contributed by atoms with van der Waals surface area (Å²) >= 11 is 0. The smallest absolute Gasteiger partial charge is 0.123 e. The Hall–Kier alpha value is -3.58. The number of nitrogens with one attached hydrogen (secondary N) is 1. The van der Waals surface area contributed by atoms with Crippen LogP contribution in [0.5, 0.6) is 0 Å². The molecule has 0 fully saturated rings. The number of aromatic amines is 1. The number of hydrogen-bond donors (Lipinski definition) is 1. The van der Waals surface area contributed by atoms with Gasteiger partial charge in [0.1, 0.15) is 12.9 Å². The highest BCUT2D eigenvalue weighted by atomic mass is 32.2. The lowest BCUT2D eigenvalue weighted by atomic mass is 10.0. The molecule has 2 aromatic carbocycles. The summed E-state index contributed by atoms with van der Waals surface area (Å²) in [6.07, 6.45) is 4.10. The first-order valence-corrected chi connectivity index (χ1v) is 11.5. The van der Waals surface area contributed by atoms with Gasteiger partial charge in [-0.2, -0.15) is 0 Å². The van der Waals surface area contributed by atoms with Crippen LogP contribution < -0.4 is 0 Å². The van der Waals surface area contributed by atoms with Crippen LogP contribution in [0.4, 0.5) is 4.39 Å². The van der Waals surface area contributed by atoms with E-state index in [1.807, 2.05) is 30.3 Å². The zero-order valence-electron chi connectivity index (χ0n) is 17.3. The van der Waals surface area contributed by atoms with E-state index in [0.717, 1.165) is 49.8 Å². The molecule has 1 aliphatic rings. The number of hydrogen-bond acceptors (Lipinski definition) is 4. The van der Waals surface area contributed by atoms with Crippen LogP contribution in [0, 0.1) is 5.82 Å². The number of benzene rings is 2. The van der Waals surface area contributed by atoms with E-state index in [0.29, 0.717) is 12.2 Å². The Morgan fingerprint density at radius 2 is 1.72 bits per heavy atom. The highest BCUT2D eigenvalue weighted by Crippen LogP contribution is 2.37.